The predicted molar refractivity (Wildman–Crippen MR) is 108 cm³/mol. The van der Waals surface area contributed by atoms with Gasteiger partial charge in [0, 0.05) is 32.4 Å². The quantitative estimate of drug-likeness (QED) is 0.653. The third kappa shape index (κ3) is 7.96. The number of hydrogen-bond acceptors (Lipinski definition) is 5. The molecule has 2 aromatic rings. The molecule has 0 saturated carbocycles. The van der Waals surface area contributed by atoms with Crippen LogP contribution in [0.5, 0.6) is 0 Å². The largest absolute Gasteiger partial charge is 0.490 e. The topological polar surface area (TPSA) is 105 Å². The highest BCUT2D eigenvalue weighted by molar-refractivity contribution is 7.89. The summed E-state index contributed by atoms with van der Waals surface area (Å²) in [7, 11) is -3.19. The number of aromatic nitrogens is 2. The Morgan fingerprint density at radius 1 is 1.26 bits per heavy atom. The lowest BCUT2D eigenvalue weighted by Crippen LogP contribution is -2.43. The first-order valence-electron chi connectivity index (χ1n) is 9.58. The minimum Gasteiger partial charge on any atom is -0.475 e. The number of rotatable bonds is 7. The van der Waals surface area contributed by atoms with Crippen molar-refractivity contribution in [3.63, 3.8) is 0 Å². The van der Waals surface area contributed by atoms with Gasteiger partial charge in [-0.25, -0.2) is 17.9 Å². The van der Waals surface area contributed by atoms with Gasteiger partial charge < -0.3 is 5.11 Å². The van der Waals surface area contributed by atoms with E-state index in [4.69, 9.17) is 9.90 Å². The summed E-state index contributed by atoms with van der Waals surface area (Å²) in [5, 5.41) is 11.5. The third-order valence-corrected chi connectivity index (χ3v) is 6.04. The maximum atomic E-state index is 11.7. The summed E-state index contributed by atoms with van der Waals surface area (Å²) in [6.45, 7) is 4.63. The molecule has 0 amide bonds. The van der Waals surface area contributed by atoms with Crippen molar-refractivity contribution in [1.29, 1.82) is 0 Å². The molecule has 0 radical (unpaired) electrons. The van der Waals surface area contributed by atoms with Gasteiger partial charge in [-0.15, -0.1) is 0 Å². The van der Waals surface area contributed by atoms with Crippen molar-refractivity contribution in [2.45, 2.75) is 32.1 Å². The van der Waals surface area contributed by atoms with Crippen LogP contribution in [0.2, 0.25) is 0 Å². The van der Waals surface area contributed by atoms with E-state index in [0.717, 1.165) is 31.7 Å². The van der Waals surface area contributed by atoms with Crippen LogP contribution >= 0.6 is 0 Å². The van der Waals surface area contributed by atoms with E-state index in [9.17, 15) is 21.6 Å². The highest BCUT2D eigenvalue weighted by Crippen LogP contribution is 2.20. The predicted octanol–water partition coefficient (Wildman–Crippen LogP) is 2.06. The molecule has 1 aromatic carbocycles. The molecule has 1 aromatic heterocycles. The van der Waals surface area contributed by atoms with Crippen LogP contribution in [-0.2, 0) is 27.8 Å². The molecule has 12 heteroatoms. The van der Waals surface area contributed by atoms with Gasteiger partial charge >= 0.3 is 12.1 Å². The van der Waals surface area contributed by atoms with E-state index in [2.05, 4.69) is 39.0 Å². The summed E-state index contributed by atoms with van der Waals surface area (Å²) in [6, 6.07) is 12.5. The fourth-order valence-corrected chi connectivity index (χ4v) is 3.69. The van der Waals surface area contributed by atoms with Crippen molar-refractivity contribution < 1.29 is 31.5 Å². The van der Waals surface area contributed by atoms with Crippen molar-refractivity contribution in [3.8, 4) is 0 Å². The minimum atomic E-state index is -5.08. The number of carboxylic acids is 1. The van der Waals surface area contributed by atoms with Gasteiger partial charge in [-0.05, 0) is 25.0 Å². The van der Waals surface area contributed by atoms with Crippen LogP contribution < -0.4 is 4.72 Å². The van der Waals surface area contributed by atoms with Crippen LogP contribution in [0.3, 0.4) is 0 Å². The van der Waals surface area contributed by atoms with E-state index >= 15 is 0 Å². The van der Waals surface area contributed by atoms with Crippen LogP contribution in [0.15, 0.2) is 42.6 Å². The Balaban J connectivity index is 0.000000423. The van der Waals surface area contributed by atoms with Gasteiger partial charge in [0.2, 0.25) is 10.0 Å². The van der Waals surface area contributed by atoms with E-state index in [1.54, 1.807) is 13.1 Å². The Bertz CT molecular complexity index is 949. The molecule has 1 unspecified atom stereocenters. The lowest BCUT2D eigenvalue weighted by atomic mass is 10.1. The summed E-state index contributed by atoms with van der Waals surface area (Å²) in [5.41, 5.74) is 2.45. The van der Waals surface area contributed by atoms with E-state index in [0.29, 0.717) is 6.54 Å². The monoisotopic (exact) mass is 462 g/mol. The van der Waals surface area contributed by atoms with Crippen molar-refractivity contribution in [3.05, 3.63) is 53.9 Å². The average molecular weight is 462 g/mol. The van der Waals surface area contributed by atoms with Crippen molar-refractivity contribution in [1.82, 2.24) is 19.4 Å². The number of alkyl halides is 3. The van der Waals surface area contributed by atoms with Gasteiger partial charge in [0.25, 0.3) is 0 Å². The number of nitrogens with zero attached hydrogens (tertiary/aromatic N) is 3. The number of halogens is 3. The lowest BCUT2D eigenvalue weighted by molar-refractivity contribution is -0.192. The Hall–Kier alpha value is -2.44. The number of carboxylic acid groups (broad SMARTS) is 1. The van der Waals surface area contributed by atoms with E-state index in [1.807, 2.05) is 16.8 Å². The van der Waals surface area contributed by atoms with E-state index in [1.165, 1.54) is 5.56 Å². The number of nitrogens with one attached hydrogen (secondary N) is 1. The number of carbonyl (C=O) groups is 1. The number of benzene rings is 1. The Morgan fingerprint density at radius 2 is 1.90 bits per heavy atom. The molecule has 172 valence electrons. The first-order chi connectivity index (χ1) is 14.5. The zero-order chi connectivity index (χ0) is 23.1. The molecule has 0 spiro atoms. The van der Waals surface area contributed by atoms with Crippen LogP contribution in [0.25, 0.3) is 0 Å². The Kier molecular flexibility index (Phi) is 8.60. The van der Waals surface area contributed by atoms with Gasteiger partial charge in [0.05, 0.1) is 17.5 Å². The highest BCUT2D eigenvalue weighted by Gasteiger charge is 2.38. The molecule has 0 aliphatic carbocycles. The zero-order valence-electron chi connectivity index (χ0n) is 16.9. The first-order valence-corrected chi connectivity index (χ1v) is 11.2. The van der Waals surface area contributed by atoms with Crippen LogP contribution in [-0.4, -0.2) is 65.7 Å². The second kappa shape index (κ2) is 10.7. The number of hydrogen-bond donors (Lipinski definition) is 2. The van der Waals surface area contributed by atoms with E-state index in [-0.39, 0.29) is 11.8 Å². The van der Waals surface area contributed by atoms with E-state index < -0.39 is 22.2 Å². The molecule has 1 atom stereocenters. The molecule has 31 heavy (non-hydrogen) atoms. The summed E-state index contributed by atoms with van der Waals surface area (Å²) in [6.07, 6.45) is -2.31. The molecule has 0 fully saturated rings. The van der Waals surface area contributed by atoms with Crippen molar-refractivity contribution >= 4 is 16.0 Å². The molecule has 2 heterocycles. The maximum absolute atomic E-state index is 11.7. The number of fused-ring (bicyclic) bond motifs is 1. The number of sulfonamides is 1. The van der Waals surface area contributed by atoms with Crippen LogP contribution in [0.4, 0.5) is 13.2 Å². The van der Waals surface area contributed by atoms with Gasteiger partial charge in [0.1, 0.15) is 0 Å². The average Bonchev–Trinajstić information content (AvgIpc) is 3.20. The molecule has 1 aliphatic rings. The fourth-order valence-electron chi connectivity index (χ4n) is 3.04. The number of aliphatic carboxylic acids is 1. The normalized spacial score (nSPS) is 16.8. The molecule has 8 nitrogen and oxygen atoms in total. The summed E-state index contributed by atoms with van der Waals surface area (Å²) in [4.78, 5) is 11.3. The van der Waals surface area contributed by atoms with Crippen molar-refractivity contribution in [2.24, 2.45) is 0 Å². The van der Waals surface area contributed by atoms with Crippen molar-refractivity contribution in [2.75, 3.05) is 25.4 Å². The molecule has 2 N–H and O–H groups in total. The molecular weight excluding hydrogens is 437 g/mol. The highest BCUT2D eigenvalue weighted by atomic mass is 32.2. The standard InChI is InChI=1S/C17H24N4O2S.C2HF3O2/c1-2-24(22,23)19-12-17-14-20(13-16-8-10-18-21(16)17)11-9-15-6-4-3-5-7-15;3-2(4,5)1(6)7/h3-8,10,17,19H,2,9,11-14H2,1H3;(H,6,7). The molecule has 0 saturated heterocycles. The SMILES string of the molecule is CCS(=O)(=O)NCC1CN(CCc2ccccc2)Cc2ccnn21.O=C(O)C(F)(F)F. The van der Waals surface area contributed by atoms with Gasteiger partial charge in [-0.2, -0.15) is 18.3 Å². The Labute approximate surface area is 178 Å². The molecular formula is C19H25F3N4O4S. The Morgan fingerprint density at radius 3 is 2.48 bits per heavy atom. The second-order valence-electron chi connectivity index (χ2n) is 6.95. The maximum Gasteiger partial charge on any atom is 0.490 e. The summed E-state index contributed by atoms with van der Waals surface area (Å²) < 4.78 is 59.8. The first kappa shape index (κ1) is 24.8. The van der Waals surface area contributed by atoms with Crippen LogP contribution in [0, 0.1) is 0 Å². The third-order valence-electron chi connectivity index (χ3n) is 4.67. The van der Waals surface area contributed by atoms with Gasteiger partial charge in [-0.1, -0.05) is 30.3 Å². The summed E-state index contributed by atoms with van der Waals surface area (Å²) in [5.74, 6) is -2.66. The minimum absolute atomic E-state index is 0.0286. The van der Waals surface area contributed by atoms with Gasteiger partial charge in [-0.3, -0.25) is 9.58 Å². The van der Waals surface area contributed by atoms with Crippen LogP contribution in [0.1, 0.15) is 24.2 Å². The fraction of sp³-hybridized carbons (Fsp3) is 0.474. The molecule has 3 rings (SSSR count). The zero-order valence-corrected chi connectivity index (χ0v) is 17.7. The smallest absolute Gasteiger partial charge is 0.475 e. The second-order valence-corrected chi connectivity index (χ2v) is 9.04. The molecule has 0 bridgehead atoms. The molecule has 1 aliphatic heterocycles. The lowest BCUT2D eigenvalue weighted by Gasteiger charge is -2.34. The van der Waals surface area contributed by atoms with Gasteiger partial charge in [0.15, 0.2) is 0 Å². The summed E-state index contributed by atoms with van der Waals surface area (Å²) >= 11 is 0.